The molecule has 0 aliphatic carbocycles. The van der Waals surface area contributed by atoms with Crippen molar-refractivity contribution < 1.29 is 18.6 Å². The molecule has 0 saturated carbocycles. The first-order valence-corrected chi connectivity index (χ1v) is 5.92. The summed E-state index contributed by atoms with van der Waals surface area (Å²) in [6, 6.07) is 0. The molecule has 0 fully saturated rings. The van der Waals surface area contributed by atoms with E-state index in [-0.39, 0.29) is 0 Å². The summed E-state index contributed by atoms with van der Waals surface area (Å²) in [5.41, 5.74) is 0. The number of rotatable bonds is 10. The first-order chi connectivity index (χ1) is 7.24. The second-order valence-electron chi connectivity index (χ2n) is 3.15. The highest BCUT2D eigenvalue weighted by molar-refractivity contribution is 5.98. The zero-order valence-corrected chi connectivity index (χ0v) is 10.9. The molecule has 0 spiro atoms. The SMILES string of the molecule is CCCOC(O[Si])(OCCC)OCCC. The van der Waals surface area contributed by atoms with E-state index >= 15 is 0 Å². The smallest absolute Gasteiger partial charge is 0.347 e. The molecule has 0 rings (SSSR count). The lowest BCUT2D eigenvalue weighted by molar-refractivity contribution is -0.471. The number of ether oxygens (including phenoxy) is 3. The van der Waals surface area contributed by atoms with Gasteiger partial charge in [-0.25, -0.2) is 0 Å². The van der Waals surface area contributed by atoms with E-state index in [1.54, 1.807) is 0 Å². The molecule has 0 N–H and O–H groups in total. The van der Waals surface area contributed by atoms with Crippen LogP contribution in [0.5, 0.6) is 0 Å². The fourth-order valence-corrected chi connectivity index (χ4v) is 1.07. The average Bonchev–Trinajstić information content (AvgIpc) is 2.29. The topological polar surface area (TPSA) is 36.9 Å². The summed E-state index contributed by atoms with van der Waals surface area (Å²) >= 11 is 0. The zero-order chi connectivity index (χ0) is 11.6. The second kappa shape index (κ2) is 9.29. The van der Waals surface area contributed by atoms with Crippen LogP contribution in [-0.4, -0.2) is 36.5 Å². The Bertz CT molecular complexity index is 122. The first-order valence-electron chi connectivity index (χ1n) is 5.51. The average molecular weight is 233 g/mol. The molecule has 0 aromatic rings. The highest BCUT2D eigenvalue weighted by Gasteiger charge is 2.33. The Hall–Kier alpha value is 0.0569. The predicted octanol–water partition coefficient (Wildman–Crippen LogP) is 1.98. The summed E-state index contributed by atoms with van der Waals surface area (Å²) in [5.74, 6) is 0. The standard InChI is InChI=1S/C10H21O4Si/c1-4-7-11-10(14-15,12-8-5-2)13-9-6-3/h4-9H2,1-3H3. The van der Waals surface area contributed by atoms with E-state index in [9.17, 15) is 0 Å². The second-order valence-corrected chi connectivity index (χ2v) is 3.35. The molecule has 0 aromatic heterocycles. The van der Waals surface area contributed by atoms with Crippen molar-refractivity contribution in [3.8, 4) is 0 Å². The van der Waals surface area contributed by atoms with E-state index < -0.39 is 6.16 Å². The highest BCUT2D eigenvalue weighted by atomic mass is 28.2. The molecule has 0 saturated heterocycles. The van der Waals surface area contributed by atoms with Gasteiger partial charge in [-0.15, -0.1) is 0 Å². The Morgan fingerprint density at radius 2 is 1.13 bits per heavy atom. The van der Waals surface area contributed by atoms with Gasteiger partial charge in [-0.05, 0) is 19.3 Å². The summed E-state index contributed by atoms with van der Waals surface area (Å²) in [6.45, 7) is 7.61. The van der Waals surface area contributed by atoms with Crippen LogP contribution in [-0.2, 0) is 18.6 Å². The third kappa shape index (κ3) is 6.27. The van der Waals surface area contributed by atoms with Gasteiger partial charge < -0.3 is 18.6 Å². The van der Waals surface area contributed by atoms with Crippen LogP contribution in [0.2, 0.25) is 0 Å². The molecular weight excluding hydrogens is 212 g/mol. The number of hydrogen-bond donors (Lipinski definition) is 0. The molecule has 0 heterocycles. The molecule has 4 nitrogen and oxygen atoms in total. The maximum absolute atomic E-state index is 5.42. The van der Waals surface area contributed by atoms with Gasteiger partial charge in [0.1, 0.15) is 0 Å². The minimum atomic E-state index is -1.39. The molecule has 0 unspecified atom stereocenters. The van der Waals surface area contributed by atoms with Gasteiger partial charge >= 0.3 is 6.16 Å². The Morgan fingerprint density at radius 3 is 1.33 bits per heavy atom. The largest absolute Gasteiger partial charge is 0.402 e. The Balaban J connectivity index is 4.16. The van der Waals surface area contributed by atoms with E-state index in [0.29, 0.717) is 19.8 Å². The van der Waals surface area contributed by atoms with E-state index in [1.807, 2.05) is 20.8 Å². The van der Waals surface area contributed by atoms with E-state index in [1.165, 1.54) is 0 Å². The number of hydrogen-bond acceptors (Lipinski definition) is 4. The van der Waals surface area contributed by atoms with Crippen molar-refractivity contribution in [2.45, 2.75) is 46.2 Å². The summed E-state index contributed by atoms with van der Waals surface area (Å²) in [7, 11) is 2.94. The van der Waals surface area contributed by atoms with Gasteiger partial charge in [-0.1, -0.05) is 20.8 Å². The summed E-state index contributed by atoms with van der Waals surface area (Å²) in [4.78, 5) is 0. The lowest BCUT2D eigenvalue weighted by Crippen LogP contribution is -2.42. The van der Waals surface area contributed by atoms with Gasteiger partial charge in [0.05, 0.1) is 19.8 Å². The van der Waals surface area contributed by atoms with Crippen molar-refractivity contribution in [3.05, 3.63) is 0 Å². The predicted molar refractivity (Wildman–Crippen MR) is 58.3 cm³/mol. The van der Waals surface area contributed by atoms with Gasteiger partial charge in [0, 0.05) is 0 Å². The molecule has 0 aromatic carbocycles. The van der Waals surface area contributed by atoms with Crippen LogP contribution in [0.3, 0.4) is 0 Å². The highest BCUT2D eigenvalue weighted by Crippen LogP contribution is 2.17. The van der Waals surface area contributed by atoms with Gasteiger partial charge in [0.15, 0.2) is 0 Å². The quantitative estimate of drug-likeness (QED) is 0.427. The van der Waals surface area contributed by atoms with Crippen LogP contribution in [0.15, 0.2) is 0 Å². The molecule has 89 valence electrons. The fraction of sp³-hybridized carbons (Fsp3) is 1.00. The normalized spacial score (nSPS) is 12.0. The van der Waals surface area contributed by atoms with Gasteiger partial charge in [-0.3, -0.25) is 0 Å². The van der Waals surface area contributed by atoms with Crippen molar-refractivity contribution in [2.24, 2.45) is 0 Å². The fourth-order valence-electron chi connectivity index (χ4n) is 0.895. The minimum Gasteiger partial charge on any atom is -0.347 e. The molecule has 0 atom stereocenters. The summed E-state index contributed by atoms with van der Waals surface area (Å²) in [6.07, 6.45) is 1.24. The molecule has 0 aliphatic heterocycles. The molecule has 0 amide bonds. The van der Waals surface area contributed by atoms with Crippen LogP contribution >= 0.6 is 0 Å². The minimum absolute atomic E-state index is 0.526. The monoisotopic (exact) mass is 233 g/mol. The van der Waals surface area contributed by atoms with E-state index in [4.69, 9.17) is 18.6 Å². The summed E-state index contributed by atoms with van der Waals surface area (Å²) in [5, 5.41) is 0. The lowest BCUT2D eigenvalue weighted by atomic mass is 10.5. The Morgan fingerprint density at radius 1 is 0.800 bits per heavy atom. The molecule has 0 bridgehead atoms. The Kier molecular flexibility index (Phi) is 9.33. The third-order valence-corrected chi connectivity index (χ3v) is 1.82. The maximum Gasteiger partial charge on any atom is 0.402 e. The molecular formula is C10H21O4Si. The lowest BCUT2D eigenvalue weighted by Gasteiger charge is -2.30. The maximum atomic E-state index is 5.42. The van der Waals surface area contributed by atoms with E-state index in [0.717, 1.165) is 19.3 Å². The van der Waals surface area contributed by atoms with Gasteiger partial charge in [-0.2, -0.15) is 0 Å². The molecule has 15 heavy (non-hydrogen) atoms. The van der Waals surface area contributed by atoms with Crippen LogP contribution in [0.25, 0.3) is 0 Å². The summed E-state index contributed by atoms with van der Waals surface area (Å²) < 4.78 is 21.2. The third-order valence-electron chi connectivity index (χ3n) is 1.57. The Labute approximate surface area is 95.8 Å². The van der Waals surface area contributed by atoms with E-state index in [2.05, 4.69) is 10.5 Å². The molecule has 0 aliphatic rings. The van der Waals surface area contributed by atoms with Crippen molar-refractivity contribution in [2.75, 3.05) is 19.8 Å². The van der Waals surface area contributed by atoms with Crippen LogP contribution in [0.1, 0.15) is 40.0 Å². The van der Waals surface area contributed by atoms with Crippen LogP contribution in [0.4, 0.5) is 0 Å². The van der Waals surface area contributed by atoms with Gasteiger partial charge in [0.25, 0.3) is 10.5 Å². The van der Waals surface area contributed by atoms with Crippen LogP contribution in [0, 0.1) is 0 Å². The van der Waals surface area contributed by atoms with Crippen LogP contribution < -0.4 is 0 Å². The first kappa shape index (κ1) is 15.1. The van der Waals surface area contributed by atoms with Crippen molar-refractivity contribution in [3.63, 3.8) is 0 Å². The van der Waals surface area contributed by atoms with Crippen molar-refractivity contribution >= 4 is 10.5 Å². The van der Waals surface area contributed by atoms with Crippen molar-refractivity contribution in [1.29, 1.82) is 0 Å². The molecule has 5 heteroatoms. The van der Waals surface area contributed by atoms with Crippen molar-refractivity contribution in [1.82, 2.24) is 0 Å². The molecule has 3 radical (unpaired) electrons. The van der Waals surface area contributed by atoms with Gasteiger partial charge in [0.2, 0.25) is 0 Å². The zero-order valence-electron chi connectivity index (χ0n) is 9.88.